The molecule has 0 radical (unpaired) electrons. The van der Waals surface area contributed by atoms with Gasteiger partial charge >= 0.3 is 0 Å². The zero-order valence-electron chi connectivity index (χ0n) is 10.0. The Morgan fingerprint density at radius 2 is 1.13 bits per heavy atom. The molecule has 0 unspecified atom stereocenters. The van der Waals surface area contributed by atoms with Crippen LogP contribution in [0.5, 0.6) is 0 Å². The van der Waals surface area contributed by atoms with E-state index in [9.17, 15) is 0 Å². The molecule has 6 heteroatoms. The third-order valence-corrected chi connectivity index (χ3v) is 1.71. The molecule has 0 amide bonds. The van der Waals surface area contributed by atoms with E-state index in [4.69, 9.17) is 23.2 Å². The van der Waals surface area contributed by atoms with E-state index < -0.39 is 0 Å². The molecule has 0 fully saturated rings. The van der Waals surface area contributed by atoms with Crippen molar-refractivity contribution in [2.24, 2.45) is 0 Å². The highest BCUT2D eigenvalue weighted by molar-refractivity contribution is 6.18. The van der Waals surface area contributed by atoms with Gasteiger partial charge in [-0.1, -0.05) is 0 Å². The fourth-order valence-corrected chi connectivity index (χ4v) is 1.00. The summed E-state index contributed by atoms with van der Waals surface area (Å²) in [6.45, 7) is 2.07. The van der Waals surface area contributed by atoms with Crippen LogP contribution in [-0.4, -0.2) is 62.8 Å². The van der Waals surface area contributed by atoms with Crippen LogP contribution in [0, 0.1) is 0 Å². The lowest BCUT2D eigenvalue weighted by atomic mass is 10.5. The number of rotatable bonds is 5. The van der Waals surface area contributed by atoms with Crippen LogP contribution < -0.4 is 0 Å². The molecule has 0 aliphatic carbocycles. The SMILES string of the molecule is CN(C)CCCCl.CN(C)CCCl.Cl.Cl. The maximum Gasteiger partial charge on any atom is 0.0350 e. The summed E-state index contributed by atoms with van der Waals surface area (Å²) in [5, 5.41) is 0. The normalized spacial score (nSPS) is 8.80. The van der Waals surface area contributed by atoms with Crippen molar-refractivity contribution in [3.05, 3.63) is 0 Å². The molecule has 2 nitrogen and oxygen atoms in total. The Kier molecular flexibility index (Phi) is 34.2. The molecule has 15 heavy (non-hydrogen) atoms. The lowest BCUT2D eigenvalue weighted by Gasteiger charge is -2.05. The molecule has 0 heterocycles. The second kappa shape index (κ2) is 20.5. The van der Waals surface area contributed by atoms with E-state index in [-0.39, 0.29) is 24.8 Å². The van der Waals surface area contributed by atoms with E-state index in [0.717, 1.165) is 31.3 Å². The van der Waals surface area contributed by atoms with Crippen molar-refractivity contribution < 1.29 is 0 Å². The molecule has 0 atom stereocenters. The number of hydrogen-bond acceptors (Lipinski definition) is 2. The van der Waals surface area contributed by atoms with E-state index in [2.05, 4.69) is 4.90 Å². The van der Waals surface area contributed by atoms with Crippen LogP contribution >= 0.6 is 48.0 Å². The van der Waals surface area contributed by atoms with E-state index in [1.807, 2.05) is 33.1 Å². The van der Waals surface area contributed by atoms with Crippen LogP contribution in [0.15, 0.2) is 0 Å². The molecule has 0 saturated heterocycles. The highest BCUT2D eigenvalue weighted by atomic mass is 35.5. The Hall–Kier alpha value is 1.08. The lowest BCUT2D eigenvalue weighted by molar-refractivity contribution is 0.409. The molecule has 0 aliphatic rings. The minimum Gasteiger partial charge on any atom is -0.309 e. The largest absolute Gasteiger partial charge is 0.309 e. The molecule has 0 aromatic heterocycles. The fraction of sp³-hybridized carbons (Fsp3) is 1.00. The monoisotopic (exact) mass is 300 g/mol. The van der Waals surface area contributed by atoms with E-state index in [1.165, 1.54) is 0 Å². The first-order valence-corrected chi connectivity index (χ1v) is 5.52. The number of halogens is 4. The molecule has 0 N–H and O–H groups in total. The van der Waals surface area contributed by atoms with Crippen molar-refractivity contribution in [3.8, 4) is 0 Å². The van der Waals surface area contributed by atoms with Crippen LogP contribution in [0.3, 0.4) is 0 Å². The number of alkyl halides is 2. The van der Waals surface area contributed by atoms with Crippen LogP contribution in [-0.2, 0) is 0 Å². The van der Waals surface area contributed by atoms with Gasteiger partial charge in [0.2, 0.25) is 0 Å². The second-order valence-electron chi connectivity index (χ2n) is 3.34. The van der Waals surface area contributed by atoms with E-state index in [0.29, 0.717) is 0 Å². The first kappa shape index (κ1) is 25.1. The van der Waals surface area contributed by atoms with Crippen molar-refractivity contribution in [3.63, 3.8) is 0 Å². The van der Waals surface area contributed by atoms with Gasteiger partial charge in [-0.25, -0.2) is 0 Å². The van der Waals surface area contributed by atoms with Crippen molar-refractivity contribution in [2.75, 3.05) is 53.0 Å². The van der Waals surface area contributed by atoms with Crippen molar-refractivity contribution >= 4 is 48.0 Å². The summed E-state index contributed by atoms with van der Waals surface area (Å²) < 4.78 is 0. The standard InChI is InChI=1S/C5H12ClN.C4H10ClN.2ClH/c1-7(2)5-3-4-6;1-6(2)4-3-5;;/h3-5H2,1-2H3;3-4H2,1-2H3;2*1H. The first-order chi connectivity index (χ1) is 6.04. The summed E-state index contributed by atoms with van der Waals surface area (Å²) in [4.78, 5) is 4.18. The van der Waals surface area contributed by atoms with Crippen LogP contribution in [0.25, 0.3) is 0 Å². The van der Waals surface area contributed by atoms with Crippen LogP contribution in [0.2, 0.25) is 0 Å². The van der Waals surface area contributed by atoms with Gasteiger partial charge in [0, 0.05) is 18.3 Å². The summed E-state index contributed by atoms with van der Waals surface area (Å²) in [6.07, 6.45) is 1.09. The van der Waals surface area contributed by atoms with Gasteiger partial charge in [-0.15, -0.1) is 48.0 Å². The van der Waals surface area contributed by atoms with Gasteiger partial charge in [0.15, 0.2) is 0 Å². The maximum atomic E-state index is 5.42. The Bertz CT molecular complexity index is 92.2. The molecular formula is C9H24Cl4N2. The highest BCUT2D eigenvalue weighted by Crippen LogP contribution is 1.84. The maximum absolute atomic E-state index is 5.42. The Morgan fingerprint density at radius 1 is 0.733 bits per heavy atom. The van der Waals surface area contributed by atoms with Gasteiger partial charge < -0.3 is 9.80 Å². The van der Waals surface area contributed by atoms with Crippen molar-refractivity contribution in [2.45, 2.75) is 6.42 Å². The van der Waals surface area contributed by atoms with Gasteiger partial charge in [0.05, 0.1) is 0 Å². The number of nitrogens with zero attached hydrogens (tertiary/aromatic N) is 2. The summed E-state index contributed by atoms with van der Waals surface area (Å²) in [6, 6.07) is 0. The fourth-order valence-electron chi connectivity index (χ4n) is 0.545. The molecule has 0 saturated carbocycles. The number of hydrogen-bond donors (Lipinski definition) is 0. The second-order valence-corrected chi connectivity index (χ2v) is 4.09. The average molecular weight is 302 g/mol. The van der Waals surface area contributed by atoms with E-state index in [1.54, 1.807) is 0 Å². The third-order valence-electron chi connectivity index (χ3n) is 1.27. The van der Waals surface area contributed by atoms with Gasteiger partial charge in [0.1, 0.15) is 0 Å². The predicted molar refractivity (Wildman–Crippen MR) is 77.7 cm³/mol. The molecule has 0 aromatic carbocycles. The Morgan fingerprint density at radius 3 is 1.20 bits per heavy atom. The quantitative estimate of drug-likeness (QED) is 0.721. The van der Waals surface area contributed by atoms with Crippen LogP contribution in [0.4, 0.5) is 0 Å². The van der Waals surface area contributed by atoms with Gasteiger partial charge in [0.25, 0.3) is 0 Å². The molecule has 0 bridgehead atoms. The van der Waals surface area contributed by atoms with E-state index >= 15 is 0 Å². The van der Waals surface area contributed by atoms with Crippen molar-refractivity contribution in [1.29, 1.82) is 0 Å². The minimum atomic E-state index is 0. The average Bonchev–Trinajstić information content (AvgIpc) is 2.01. The molecule has 98 valence electrons. The van der Waals surface area contributed by atoms with Gasteiger partial charge in [-0.05, 0) is 41.2 Å². The molecule has 0 rings (SSSR count). The minimum absolute atomic E-state index is 0. The lowest BCUT2D eigenvalue weighted by Crippen LogP contribution is -2.13. The topological polar surface area (TPSA) is 6.48 Å². The zero-order valence-corrected chi connectivity index (χ0v) is 13.1. The summed E-state index contributed by atoms with van der Waals surface area (Å²) in [7, 11) is 8.10. The zero-order chi connectivity index (χ0) is 10.7. The molecule has 0 aromatic rings. The highest BCUT2D eigenvalue weighted by Gasteiger charge is 1.84. The molecule has 0 aliphatic heterocycles. The summed E-state index contributed by atoms with van der Waals surface area (Å²) >= 11 is 10.8. The molecule has 0 spiro atoms. The van der Waals surface area contributed by atoms with Gasteiger partial charge in [-0.2, -0.15) is 0 Å². The third kappa shape index (κ3) is 39.5. The summed E-state index contributed by atoms with van der Waals surface area (Å²) in [5.74, 6) is 1.51. The molecular weight excluding hydrogens is 278 g/mol. The Balaban J connectivity index is -0.0000000718. The van der Waals surface area contributed by atoms with Crippen LogP contribution in [0.1, 0.15) is 6.42 Å². The summed E-state index contributed by atoms with van der Waals surface area (Å²) in [5.41, 5.74) is 0. The predicted octanol–water partition coefficient (Wildman–Crippen LogP) is 2.81. The smallest absolute Gasteiger partial charge is 0.0350 e. The Labute approximate surface area is 117 Å². The van der Waals surface area contributed by atoms with Gasteiger partial charge in [-0.3, -0.25) is 0 Å². The first-order valence-electron chi connectivity index (χ1n) is 4.46. The van der Waals surface area contributed by atoms with Crippen molar-refractivity contribution in [1.82, 2.24) is 9.80 Å².